The fraction of sp³-hybridized carbons (Fsp3) is 0.600. The fourth-order valence-corrected chi connectivity index (χ4v) is 1.02. The van der Waals surface area contributed by atoms with Crippen molar-refractivity contribution >= 4 is 11.9 Å². The Labute approximate surface area is 138 Å². The van der Waals surface area contributed by atoms with Crippen LogP contribution >= 0.6 is 0 Å². The second-order valence-electron chi connectivity index (χ2n) is 3.54. The largest absolute Gasteiger partial charge is 1.00 e. The number of carboxylic acid groups (broad SMARTS) is 1. The molecular weight excluding hydrogens is 237 g/mol. The number of esters is 1. The van der Waals surface area contributed by atoms with Crippen molar-refractivity contribution in [1.82, 2.24) is 5.32 Å². The van der Waals surface area contributed by atoms with Crippen LogP contribution in [0.15, 0.2) is 11.8 Å². The molecule has 0 amide bonds. The van der Waals surface area contributed by atoms with Gasteiger partial charge in [0.25, 0.3) is 0 Å². The maximum Gasteiger partial charge on any atom is 1.00 e. The number of ether oxygens (including phenoxy) is 1. The first-order valence-electron chi connectivity index (χ1n) is 4.62. The van der Waals surface area contributed by atoms with Gasteiger partial charge in [0.05, 0.1) is 19.1 Å². The molecule has 86 valence electrons. The molecule has 0 spiro atoms. The molecule has 0 aliphatic carbocycles. The number of carbonyl (C=O) groups excluding carboxylic acids is 2. The predicted molar refractivity (Wildman–Crippen MR) is 52.5 cm³/mol. The number of hydrogen-bond donors (Lipinski definition) is 1. The number of carboxylic acids is 1. The van der Waals surface area contributed by atoms with Gasteiger partial charge in [-0.3, -0.25) is 0 Å². The van der Waals surface area contributed by atoms with Crippen LogP contribution in [0, 0.1) is 5.92 Å². The molecule has 0 bridgehead atoms. The van der Waals surface area contributed by atoms with Crippen molar-refractivity contribution in [3.63, 3.8) is 0 Å². The van der Waals surface area contributed by atoms with E-state index in [1.807, 2.05) is 0 Å². The van der Waals surface area contributed by atoms with E-state index in [-0.39, 0.29) is 57.3 Å². The van der Waals surface area contributed by atoms with E-state index in [1.54, 1.807) is 20.8 Å². The number of aliphatic carboxylic acids is 1. The number of carbonyl (C=O) groups is 2. The van der Waals surface area contributed by atoms with Gasteiger partial charge in [-0.15, -0.1) is 0 Å². The van der Waals surface area contributed by atoms with E-state index < -0.39 is 18.0 Å². The third kappa shape index (κ3) is 7.40. The summed E-state index contributed by atoms with van der Waals surface area (Å²) in [7, 11) is 1.25. The molecule has 0 radical (unpaired) electrons. The van der Waals surface area contributed by atoms with Crippen LogP contribution in [0.2, 0.25) is 0 Å². The fourth-order valence-electron chi connectivity index (χ4n) is 1.02. The zero-order valence-corrected chi connectivity index (χ0v) is 13.5. The predicted octanol–water partition coefficient (Wildman–Crippen LogP) is -3.57. The molecule has 0 aliphatic rings. The minimum atomic E-state index is -1.19. The van der Waals surface area contributed by atoms with Crippen molar-refractivity contribution in [3.05, 3.63) is 11.8 Å². The van der Waals surface area contributed by atoms with Crippen LogP contribution in [0.4, 0.5) is 0 Å². The molecule has 0 rings (SSSR count). The van der Waals surface area contributed by atoms with Crippen LogP contribution < -0.4 is 61.8 Å². The van der Waals surface area contributed by atoms with Crippen molar-refractivity contribution in [1.29, 1.82) is 0 Å². The molecule has 0 heterocycles. The summed E-state index contributed by atoms with van der Waals surface area (Å²) >= 11 is 0. The smallest absolute Gasteiger partial charge is 0.548 e. The van der Waals surface area contributed by atoms with Gasteiger partial charge in [-0.25, -0.2) is 4.79 Å². The van der Waals surface area contributed by atoms with Gasteiger partial charge < -0.3 is 20.0 Å². The molecule has 0 aromatic rings. The topological polar surface area (TPSA) is 78.5 Å². The number of nitrogens with one attached hydrogen (secondary N) is 1. The van der Waals surface area contributed by atoms with Gasteiger partial charge >= 0.3 is 57.4 Å². The van der Waals surface area contributed by atoms with Crippen LogP contribution in [-0.2, 0) is 14.3 Å². The maximum absolute atomic E-state index is 10.8. The molecule has 0 aromatic carbocycles. The zero-order valence-electron chi connectivity index (χ0n) is 10.4. The summed E-state index contributed by atoms with van der Waals surface area (Å²) in [6, 6.07) is -0.814. The standard InChI is InChI=1S/C10H17NO4.K/c1-6(2)9(10(13)14)11-7(3)5-8(12)15-4;/h5-6,9,11H,1-4H3,(H,13,14);/q;+1/p-1/t9-;/m1./s1. The van der Waals surface area contributed by atoms with Crippen molar-refractivity contribution < 1.29 is 70.8 Å². The van der Waals surface area contributed by atoms with Crippen molar-refractivity contribution in [2.24, 2.45) is 5.92 Å². The van der Waals surface area contributed by atoms with Crippen molar-refractivity contribution in [2.45, 2.75) is 26.8 Å². The van der Waals surface area contributed by atoms with E-state index in [1.165, 1.54) is 13.2 Å². The molecule has 1 N–H and O–H groups in total. The van der Waals surface area contributed by atoms with Gasteiger partial charge in [0.15, 0.2) is 0 Å². The van der Waals surface area contributed by atoms with Gasteiger partial charge in [-0.05, 0) is 12.8 Å². The van der Waals surface area contributed by atoms with E-state index >= 15 is 0 Å². The summed E-state index contributed by atoms with van der Waals surface area (Å²) in [5.41, 5.74) is 0.435. The summed E-state index contributed by atoms with van der Waals surface area (Å²) in [6.07, 6.45) is 1.19. The Morgan fingerprint density at radius 3 is 2.19 bits per heavy atom. The molecule has 6 heteroatoms. The van der Waals surface area contributed by atoms with Crippen LogP contribution in [-0.4, -0.2) is 25.1 Å². The van der Waals surface area contributed by atoms with Gasteiger partial charge in [-0.2, -0.15) is 0 Å². The molecule has 0 fully saturated rings. The summed E-state index contributed by atoms with van der Waals surface area (Å²) in [5.74, 6) is -1.85. The molecule has 0 saturated carbocycles. The summed E-state index contributed by atoms with van der Waals surface area (Å²) in [4.78, 5) is 21.6. The Balaban J connectivity index is 0. The molecule has 0 aromatic heterocycles. The minimum Gasteiger partial charge on any atom is -0.548 e. The van der Waals surface area contributed by atoms with Gasteiger partial charge in [0.2, 0.25) is 0 Å². The Bertz CT molecular complexity index is 276. The van der Waals surface area contributed by atoms with Gasteiger partial charge in [0, 0.05) is 11.8 Å². The Hall–Kier alpha value is 0.116. The molecule has 1 atom stereocenters. The molecule has 5 nitrogen and oxygen atoms in total. The second-order valence-corrected chi connectivity index (χ2v) is 3.54. The van der Waals surface area contributed by atoms with E-state index in [4.69, 9.17) is 0 Å². The third-order valence-electron chi connectivity index (χ3n) is 1.84. The van der Waals surface area contributed by atoms with Gasteiger partial charge in [-0.1, -0.05) is 13.8 Å². The minimum absolute atomic E-state index is 0. The van der Waals surface area contributed by atoms with Crippen LogP contribution in [0.25, 0.3) is 0 Å². The molecule has 0 unspecified atom stereocenters. The number of methoxy groups -OCH3 is 1. The normalized spacial score (nSPS) is 12.7. The first kappa shape index (κ1) is 18.5. The first-order chi connectivity index (χ1) is 6.88. The van der Waals surface area contributed by atoms with E-state index in [0.29, 0.717) is 5.70 Å². The molecular formula is C10H16KNO4. The number of hydrogen-bond acceptors (Lipinski definition) is 5. The van der Waals surface area contributed by atoms with Crippen molar-refractivity contribution in [3.8, 4) is 0 Å². The average Bonchev–Trinajstić information content (AvgIpc) is 2.12. The SMILES string of the molecule is COC(=O)C=C(C)N[C@@H](C(=O)[O-])C(C)C.[K+]. The first-order valence-corrected chi connectivity index (χ1v) is 4.62. The van der Waals surface area contributed by atoms with Crippen LogP contribution in [0.3, 0.4) is 0 Å². The monoisotopic (exact) mass is 253 g/mol. The van der Waals surface area contributed by atoms with Crippen molar-refractivity contribution in [2.75, 3.05) is 7.11 Å². The number of allylic oxidation sites excluding steroid dienone is 1. The van der Waals surface area contributed by atoms with E-state index in [2.05, 4.69) is 10.1 Å². The summed E-state index contributed by atoms with van der Waals surface area (Å²) in [5, 5.41) is 13.4. The number of rotatable bonds is 5. The molecule has 0 aliphatic heterocycles. The van der Waals surface area contributed by atoms with E-state index in [9.17, 15) is 14.7 Å². The second kappa shape index (κ2) is 9.18. The zero-order chi connectivity index (χ0) is 12.0. The Kier molecular flexibility index (Phi) is 10.6. The Morgan fingerprint density at radius 2 is 1.88 bits per heavy atom. The summed E-state index contributed by atoms with van der Waals surface area (Å²) in [6.45, 7) is 5.09. The molecule has 0 saturated heterocycles. The summed E-state index contributed by atoms with van der Waals surface area (Å²) < 4.78 is 4.41. The average molecular weight is 253 g/mol. The molecule has 16 heavy (non-hydrogen) atoms. The van der Waals surface area contributed by atoms with Gasteiger partial charge in [0.1, 0.15) is 0 Å². The van der Waals surface area contributed by atoms with Crippen LogP contribution in [0.5, 0.6) is 0 Å². The van der Waals surface area contributed by atoms with Crippen LogP contribution in [0.1, 0.15) is 20.8 Å². The van der Waals surface area contributed by atoms with E-state index in [0.717, 1.165) is 0 Å². The third-order valence-corrected chi connectivity index (χ3v) is 1.84. The Morgan fingerprint density at radius 1 is 1.38 bits per heavy atom. The quantitative estimate of drug-likeness (QED) is 0.311. The maximum atomic E-state index is 10.8.